The van der Waals surface area contributed by atoms with Gasteiger partial charge in [-0.15, -0.1) is 0 Å². The average Bonchev–Trinajstić information content (AvgIpc) is 2.82. The molecule has 1 amide bonds. The highest BCUT2D eigenvalue weighted by molar-refractivity contribution is 5.83. The van der Waals surface area contributed by atoms with Gasteiger partial charge in [-0.3, -0.25) is 4.79 Å². The Morgan fingerprint density at radius 3 is 2.59 bits per heavy atom. The Bertz CT molecular complexity index is 295. The fourth-order valence-electron chi connectivity index (χ4n) is 3.10. The molecule has 2 fully saturated rings. The predicted octanol–water partition coefficient (Wildman–Crippen LogP) is 1.74. The highest BCUT2D eigenvalue weighted by Crippen LogP contribution is 2.40. The van der Waals surface area contributed by atoms with E-state index in [1.54, 1.807) is 0 Å². The second-order valence-corrected chi connectivity index (χ2v) is 6.40. The van der Waals surface area contributed by atoms with Gasteiger partial charge < -0.3 is 10.2 Å². The summed E-state index contributed by atoms with van der Waals surface area (Å²) in [5.41, 5.74) is -0.146. The van der Waals surface area contributed by atoms with Crippen LogP contribution in [0.5, 0.6) is 0 Å². The van der Waals surface area contributed by atoms with E-state index in [0.29, 0.717) is 11.8 Å². The zero-order valence-corrected chi connectivity index (χ0v) is 11.6. The van der Waals surface area contributed by atoms with Crippen LogP contribution < -0.4 is 5.32 Å². The molecule has 3 atom stereocenters. The van der Waals surface area contributed by atoms with Crippen LogP contribution in [-0.2, 0) is 4.79 Å². The van der Waals surface area contributed by atoms with Crippen molar-refractivity contribution in [3.63, 3.8) is 0 Å². The Morgan fingerprint density at radius 2 is 2.18 bits per heavy atom. The van der Waals surface area contributed by atoms with Crippen molar-refractivity contribution < 1.29 is 4.79 Å². The molecule has 3 heteroatoms. The summed E-state index contributed by atoms with van der Waals surface area (Å²) in [5, 5.41) is 3.36. The number of hydrogen-bond acceptors (Lipinski definition) is 2. The van der Waals surface area contributed by atoms with Crippen molar-refractivity contribution in [2.45, 2.75) is 33.6 Å². The third-order valence-corrected chi connectivity index (χ3v) is 4.85. The van der Waals surface area contributed by atoms with E-state index in [4.69, 9.17) is 0 Å². The molecule has 0 bridgehead atoms. The molecular weight excluding hydrogens is 212 g/mol. The van der Waals surface area contributed by atoms with Crippen LogP contribution in [0.3, 0.4) is 0 Å². The summed E-state index contributed by atoms with van der Waals surface area (Å²) in [7, 11) is 1.98. The molecule has 1 saturated carbocycles. The minimum atomic E-state index is -0.146. The zero-order chi connectivity index (χ0) is 12.6. The molecule has 0 spiro atoms. The number of carbonyl (C=O) groups excluding carboxylic acids is 1. The van der Waals surface area contributed by atoms with E-state index in [1.807, 2.05) is 11.9 Å². The number of rotatable bonds is 4. The van der Waals surface area contributed by atoms with Gasteiger partial charge >= 0.3 is 0 Å². The second-order valence-electron chi connectivity index (χ2n) is 6.40. The van der Waals surface area contributed by atoms with Crippen molar-refractivity contribution in [2.24, 2.45) is 23.2 Å². The number of carbonyl (C=O) groups is 1. The zero-order valence-electron chi connectivity index (χ0n) is 11.6. The standard InChI is InChI=1S/C14H26N2O/c1-10(2)14(5-6-15-9-14)13(17)16(4)8-12-7-11(12)3/h10-12,15H,5-9H2,1-4H3. The molecule has 0 radical (unpaired) electrons. The summed E-state index contributed by atoms with van der Waals surface area (Å²) < 4.78 is 0. The van der Waals surface area contributed by atoms with Gasteiger partial charge in [0.2, 0.25) is 5.91 Å². The molecule has 1 heterocycles. The number of amides is 1. The minimum Gasteiger partial charge on any atom is -0.345 e. The first-order chi connectivity index (χ1) is 7.97. The Kier molecular flexibility index (Phi) is 3.48. The largest absolute Gasteiger partial charge is 0.345 e. The average molecular weight is 238 g/mol. The quantitative estimate of drug-likeness (QED) is 0.809. The van der Waals surface area contributed by atoms with E-state index in [0.717, 1.165) is 37.9 Å². The summed E-state index contributed by atoms with van der Waals surface area (Å²) in [4.78, 5) is 14.7. The van der Waals surface area contributed by atoms with Gasteiger partial charge in [-0.25, -0.2) is 0 Å². The number of nitrogens with one attached hydrogen (secondary N) is 1. The topological polar surface area (TPSA) is 32.3 Å². The van der Waals surface area contributed by atoms with Crippen LogP contribution in [0.1, 0.15) is 33.6 Å². The van der Waals surface area contributed by atoms with E-state index < -0.39 is 0 Å². The molecule has 1 aliphatic heterocycles. The molecule has 2 aliphatic rings. The van der Waals surface area contributed by atoms with Gasteiger partial charge in [0.1, 0.15) is 0 Å². The fourth-order valence-corrected chi connectivity index (χ4v) is 3.10. The van der Waals surface area contributed by atoms with Gasteiger partial charge in [0, 0.05) is 20.1 Å². The van der Waals surface area contributed by atoms with Crippen molar-refractivity contribution in [3.05, 3.63) is 0 Å². The first kappa shape index (κ1) is 12.9. The maximum Gasteiger partial charge on any atom is 0.230 e. The molecule has 3 unspecified atom stereocenters. The molecule has 2 rings (SSSR count). The Hall–Kier alpha value is -0.570. The first-order valence-electron chi connectivity index (χ1n) is 6.93. The summed E-state index contributed by atoms with van der Waals surface area (Å²) in [6, 6.07) is 0. The third kappa shape index (κ3) is 2.35. The molecule has 0 aromatic rings. The molecule has 1 aliphatic carbocycles. The van der Waals surface area contributed by atoms with Crippen LogP contribution in [0.25, 0.3) is 0 Å². The van der Waals surface area contributed by atoms with Crippen LogP contribution in [0.2, 0.25) is 0 Å². The van der Waals surface area contributed by atoms with Crippen molar-refractivity contribution >= 4 is 5.91 Å². The number of nitrogens with zero attached hydrogens (tertiary/aromatic N) is 1. The van der Waals surface area contributed by atoms with Crippen LogP contribution in [0.15, 0.2) is 0 Å². The monoisotopic (exact) mass is 238 g/mol. The van der Waals surface area contributed by atoms with Crippen LogP contribution in [0.4, 0.5) is 0 Å². The van der Waals surface area contributed by atoms with E-state index in [9.17, 15) is 4.79 Å². The summed E-state index contributed by atoms with van der Waals surface area (Å²) in [6.45, 7) is 9.43. The molecule has 17 heavy (non-hydrogen) atoms. The van der Waals surface area contributed by atoms with Gasteiger partial charge in [0.05, 0.1) is 5.41 Å². The maximum atomic E-state index is 12.7. The number of hydrogen-bond donors (Lipinski definition) is 1. The fraction of sp³-hybridized carbons (Fsp3) is 0.929. The van der Waals surface area contributed by atoms with Gasteiger partial charge in [0.25, 0.3) is 0 Å². The molecule has 1 saturated heterocycles. The minimum absolute atomic E-state index is 0.146. The van der Waals surface area contributed by atoms with Gasteiger partial charge in [-0.2, -0.15) is 0 Å². The van der Waals surface area contributed by atoms with E-state index in [-0.39, 0.29) is 5.41 Å². The summed E-state index contributed by atoms with van der Waals surface area (Å²) in [5.74, 6) is 2.35. The predicted molar refractivity (Wildman–Crippen MR) is 69.7 cm³/mol. The van der Waals surface area contributed by atoms with Crippen molar-refractivity contribution in [1.82, 2.24) is 10.2 Å². The van der Waals surface area contributed by atoms with Gasteiger partial charge in [0.15, 0.2) is 0 Å². The van der Waals surface area contributed by atoms with Crippen molar-refractivity contribution in [1.29, 1.82) is 0 Å². The smallest absolute Gasteiger partial charge is 0.230 e. The maximum absolute atomic E-state index is 12.7. The van der Waals surface area contributed by atoms with E-state index in [1.165, 1.54) is 6.42 Å². The molecule has 0 aromatic carbocycles. The molecule has 3 nitrogen and oxygen atoms in total. The third-order valence-electron chi connectivity index (χ3n) is 4.85. The van der Waals surface area contributed by atoms with E-state index in [2.05, 4.69) is 26.1 Å². The lowest BCUT2D eigenvalue weighted by Crippen LogP contribution is -2.47. The van der Waals surface area contributed by atoms with Crippen LogP contribution >= 0.6 is 0 Å². The molecule has 1 N–H and O–H groups in total. The Balaban J connectivity index is 2.00. The lowest BCUT2D eigenvalue weighted by Gasteiger charge is -2.35. The van der Waals surface area contributed by atoms with E-state index >= 15 is 0 Å². The molecular formula is C14H26N2O. The highest BCUT2D eigenvalue weighted by atomic mass is 16.2. The summed E-state index contributed by atoms with van der Waals surface area (Å²) in [6.07, 6.45) is 2.29. The SMILES string of the molecule is CC1CC1CN(C)C(=O)C1(C(C)C)CCNC1. The van der Waals surface area contributed by atoms with Gasteiger partial charge in [-0.05, 0) is 37.1 Å². The molecule has 98 valence electrons. The molecule has 0 aromatic heterocycles. The van der Waals surface area contributed by atoms with Crippen molar-refractivity contribution in [2.75, 3.05) is 26.7 Å². The second kappa shape index (κ2) is 4.60. The Labute approximate surface area is 105 Å². The first-order valence-corrected chi connectivity index (χ1v) is 6.93. The normalized spacial score (nSPS) is 36.3. The lowest BCUT2D eigenvalue weighted by molar-refractivity contribution is -0.142. The van der Waals surface area contributed by atoms with Crippen LogP contribution in [-0.4, -0.2) is 37.5 Å². The highest BCUT2D eigenvalue weighted by Gasteiger charge is 2.46. The van der Waals surface area contributed by atoms with Gasteiger partial charge in [-0.1, -0.05) is 20.8 Å². The lowest BCUT2D eigenvalue weighted by atomic mass is 9.75. The summed E-state index contributed by atoms with van der Waals surface area (Å²) >= 11 is 0. The Morgan fingerprint density at radius 1 is 1.53 bits per heavy atom. The van der Waals surface area contributed by atoms with Crippen LogP contribution in [0, 0.1) is 23.2 Å². The van der Waals surface area contributed by atoms with Crippen molar-refractivity contribution in [3.8, 4) is 0 Å².